The number of carbonyl (C=O) groups excluding carboxylic acids is 1. The molecule has 2 aromatic carbocycles. The SMILES string of the molecule is Cc1cc(C)c2c(=O)cc(C(=O)Nc3ccc(S(=O)(=O)Nc4nccs4)cc3)oc2c1. The van der Waals surface area contributed by atoms with Crippen LogP contribution in [0.15, 0.2) is 68.1 Å². The van der Waals surface area contributed by atoms with E-state index in [4.69, 9.17) is 4.42 Å². The number of fused-ring (bicyclic) bond motifs is 1. The molecule has 0 spiro atoms. The van der Waals surface area contributed by atoms with Gasteiger partial charge in [-0.15, -0.1) is 11.3 Å². The van der Waals surface area contributed by atoms with E-state index in [9.17, 15) is 18.0 Å². The Labute approximate surface area is 181 Å². The first kappa shape index (κ1) is 20.8. The van der Waals surface area contributed by atoms with Gasteiger partial charge in [-0.25, -0.2) is 13.4 Å². The van der Waals surface area contributed by atoms with Gasteiger partial charge in [0.2, 0.25) is 0 Å². The van der Waals surface area contributed by atoms with Crippen molar-refractivity contribution in [2.75, 3.05) is 10.0 Å². The Morgan fingerprint density at radius 1 is 1.10 bits per heavy atom. The summed E-state index contributed by atoms with van der Waals surface area (Å²) in [6.45, 7) is 3.68. The molecule has 2 heterocycles. The van der Waals surface area contributed by atoms with Gasteiger partial charge in [0.25, 0.3) is 15.9 Å². The van der Waals surface area contributed by atoms with Gasteiger partial charge in [-0.2, -0.15) is 0 Å². The quantitative estimate of drug-likeness (QED) is 0.471. The molecule has 0 aliphatic rings. The van der Waals surface area contributed by atoms with Crippen LogP contribution in [0.25, 0.3) is 11.0 Å². The number of nitrogens with zero attached hydrogens (tertiary/aromatic N) is 1. The minimum absolute atomic E-state index is 0.0175. The summed E-state index contributed by atoms with van der Waals surface area (Å²) in [6, 6.07) is 10.3. The van der Waals surface area contributed by atoms with E-state index in [1.807, 2.05) is 19.9 Å². The molecule has 2 aromatic heterocycles. The minimum Gasteiger partial charge on any atom is -0.451 e. The van der Waals surface area contributed by atoms with E-state index < -0.39 is 15.9 Å². The number of benzene rings is 2. The van der Waals surface area contributed by atoms with Gasteiger partial charge in [0.1, 0.15) is 5.58 Å². The first-order valence-electron chi connectivity index (χ1n) is 9.12. The summed E-state index contributed by atoms with van der Waals surface area (Å²) in [6.07, 6.45) is 1.49. The zero-order valence-corrected chi connectivity index (χ0v) is 18.1. The van der Waals surface area contributed by atoms with Crippen molar-refractivity contribution in [3.8, 4) is 0 Å². The zero-order chi connectivity index (χ0) is 22.2. The number of carbonyl (C=O) groups is 1. The molecule has 0 saturated carbocycles. The van der Waals surface area contributed by atoms with Crippen molar-refractivity contribution in [2.45, 2.75) is 18.7 Å². The second-order valence-corrected chi connectivity index (χ2v) is 9.43. The van der Waals surface area contributed by atoms with Gasteiger partial charge < -0.3 is 9.73 Å². The van der Waals surface area contributed by atoms with Crippen molar-refractivity contribution < 1.29 is 17.6 Å². The monoisotopic (exact) mass is 455 g/mol. The Kier molecular flexibility index (Phi) is 5.34. The van der Waals surface area contributed by atoms with Crippen LogP contribution in [-0.2, 0) is 10.0 Å². The normalized spacial score (nSPS) is 11.4. The number of nitrogens with one attached hydrogen (secondary N) is 2. The second kappa shape index (κ2) is 7.97. The summed E-state index contributed by atoms with van der Waals surface area (Å²) in [5.74, 6) is -0.751. The lowest BCUT2D eigenvalue weighted by Crippen LogP contribution is -2.16. The number of sulfonamides is 1. The highest BCUT2D eigenvalue weighted by Gasteiger charge is 2.17. The van der Waals surface area contributed by atoms with Crippen LogP contribution in [-0.4, -0.2) is 19.3 Å². The molecule has 0 aliphatic heterocycles. The first-order chi connectivity index (χ1) is 14.7. The summed E-state index contributed by atoms with van der Waals surface area (Å²) in [4.78, 5) is 29.0. The molecule has 4 aromatic rings. The zero-order valence-electron chi connectivity index (χ0n) is 16.5. The van der Waals surface area contributed by atoms with Crippen molar-refractivity contribution >= 4 is 49.1 Å². The predicted molar refractivity (Wildman–Crippen MR) is 119 cm³/mol. The molecule has 2 N–H and O–H groups in total. The lowest BCUT2D eigenvalue weighted by molar-refractivity contribution is 0.0997. The van der Waals surface area contributed by atoms with Gasteiger partial charge in [-0.1, -0.05) is 6.07 Å². The Bertz CT molecular complexity index is 1440. The summed E-state index contributed by atoms with van der Waals surface area (Å²) in [5.41, 5.74) is 2.07. The van der Waals surface area contributed by atoms with Gasteiger partial charge in [0.15, 0.2) is 16.3 Å². The summed E-state index contributed by atoms with van der Waals surface area (Å²) >= 11 is 1.16. The molecule has 4 rings (SSSR count). The fourth-order valence-electron chi connectivity index (χ4n) is 3.13. The summed E-state index contributed by atoms with van der Waals surface area (Å²) in [7, 11) is -3.79. The molecular weight excluding hydrogens is 438 g/mol. The lowest BCUT2D eigenvalue weighted by atomic mass is 10.1. The summed E-state index contributed by atoms with van der Waals surface area (Å²) in [5, 5.41) is 4.96. The smallest absolute Gasteiger partial charge is 0.291 e. The third-order valence-corrected chi connectivity index (χ3v) is 6.65. The molecule has 158 valence electrons. The molecule has 0 unspecified atom stereocenters. The average molecular weight is 456 g/mol. The lowest BCUT2D eigenvalue weighted by Gasteiger charge is -2.09. The first-order valence-corrected chi connectivity index (χ1v) is 11.5. The Morgan fingerprint density at radius 3 is 2.52 bits per heavy atom. The third kappa shape index (κ3) is 4.35. The molecule has 10 heteroatoms. The van der Waals surface area contributed by atoms with Gasteiger partial charge >= 0.3 is 0 Å². The van der Waals surface area contributed by atoms with Crippen LogP contribution >= 0.6 is 11.3 Å². The van der Waals surface area contributed by atoms with Crippen LogP contribution < -0.4 is 15.5 Å². The minimum atomic E-state index is -3.79. The maximum atomic E-state index is 12.6. The van der Waals surface area contributed by atoms with Crippen LogP contribution in [0.2, 0.25) is 0 Å². The average Bonchev–Trinajstić information content (AvgIpc) is 3.19. The Morgan fingerprint density at radius 2 is 1.84 bits per heavy atom. The molecule has 1 amide bonds. The molecular formula is C21H17N3O5S2. The highest BCUT2D eigenvalue weighted by molar-refractivity contribution is 7.93. The van der Waals surface area contributed by atoms with Crippen molar-refractivity contribution in [2.24, 2.45) is 0 Å². The van der Waals surface area contributed by atoms with Crippen LogP contribution in [0.5, 0.6) is 0 Å². The van der Waals surface area contributed by atoms with Crippen molar-refractivity contribution in [1.29, 1.82) is 0 Å². The second-order valence-electron chi connectivity index (χ2n) is 6.85. The summed E-state index contributed by atoms with van der Waals surface area (Å²) < 4.78 is 32.8. The maximum Gasteiger partial charge on any atom is 0.291 e. The van der Waals surface area contributed by atoms with E-state index >= 15 is 0 Å². The molecule has 0 saturated heterocycles. The topological polar surface area (TPSA) is 118 Å². The molecule has 0 aliphatic carbocycles. The largest absolute Gasteiger partial charge is 0.451 e. The molecule has 0 bridgehead atoms. The number of rotatable bonds is 5. The van der Waals surface area contributed by atoms with Crippen molar-refractivity contribution in [3.05, 3.63) is 81.2 Å². The van der Waals surface area contributed by atoms with E-state index in [0.717, 1.165) is 28.5 Å². The number of hydrogen-bond donors (Lipinski definition) is 2. The third-order valence-electron chi connectivity index (χ3n) is 4.47. The van der Waals surface area contributed by atoms with Crippen LogP contribution in [0.1, 0.15) is 21.7 Å². The molecule has 8 nitrogen and oxygen atoms in total. The molecule has 31 heavy (non-hydrogen) atoms. The molecule has 0 radical (unpaired) electrons. The predicted octanol–water partition coefficient (Wildman–Crippen LogP) is 3.92. The Hall–Kier alpha value is -3.50. The van der Waals surface area contributed by atoms with E-state index in [2.05, 4.69) is 15.0 Å². The fourth-order valence-corrected chi connectivity index (χ4v) is 4.92. The highest BCUT2D eigenvalue weighted by atomic mass is 32.2. The van der Waals surface area contributed by atoms with Crippen LogP contribution in [0, 0.1) is 13.8 Å². The van der Waals surface area contributed by atoms with Crippen LogP contribution in [0.4, 0.5) is 10.8 Å². The van der Waals surface area contributed by atoms with E-state index in [-0.39, 0.29) is 21.2 Å². The van der Waals surface area contributed by atoms with Gasteiger partial charge in [-0.05, 0) is 55.3 Å². The number of aryl methyl sites for hydroxylation is 2. The van der Waals surface area contributed by atoms with Gasteiger partial charge in [0, 0.05) is 23.3 Å². The number of hydrogen-bond acceptors (Lipinski definition) is 7. The van der Waals surface area contributed by atoms with Crippen molar-refractivity contribution in [1.82, 2.24) is 4.98 Å². The number of amides is 1. The standard InChI is InChI=1S/C21H17N3O5S2/c1-12-9-13(2)19-16(25)11-18(29-17(19)10-12)20(26)23-14-3-5-15(6-4-14)31(27,28)24-21-22-7-8-30-21/h3-11H,1-2H3,(H,22,24)(H,23,26). The number of thiazole rings is 1. The Balaban J connectivity index is 1.56. The molecule has 0 atom stereocenters. The van der Waals surface area contributed by atoms with E-state index in [1.165, 1.54) is 30.5 Å². The molecule has 0 fully saturated rings. The van der Waals surface area contributed by atoms with E-state index in [1.54, 1.807) is 11.4 Å². The number of anilines is 2. The van der Waals surface area contributed by atoms with Crippen LogP contribution in [0.3, 0.4) is 0 Å². The van der Waals surface area contributed by atoms with Gasteiger partial charge in [-0.3, -0.25) is 14.3 Å². The van der Waals surface area contributed by atoms with Crippen molar-refractivity contribution in [3.63, 3.8) is 0 Å². The number of aromatic nitrogens is 1. The van der Waals surface area contributed by atoms with Gasteiger partial charge in [0.05, 0.1) is 10.3 Å². The van der Waals surface area contributed by atoms with E-state index in [0.29, 0.717) is 16.7 Å². The highest BCUT2D eigenvalue weighted by Crippen LogP contribution is 2.21. The fraction of sp³-hybridized carbons (Fsp3) is 0.0952. The maximum absolute atomic E-state index is 12.6.